The van der Waals surface area contributed by atoms with Gasteiger partial charge in [-0.25, -0.2) is 9.97 Å². The summed E-state index contributed by atoms with van der Waals surface area (Å²) >= 11 is -1.17. The minimum Gasteiger partial charge on any atom is -0.305 e. The third-order valence-electron chi connectivity index (χ3n) is 1.91. The Hall–Kier alpha value is -1.53. The van der Waals surface area contributed by atoms with Gasteiger partial charge in [0.2, 0.25) is 5.82 Å². The van der Waals surface area contributed by atoms with Gasteiger partial charge in [-0.05, 0) is 12.1 Å². The zero-order valence-corrected chi connectivity index (χ0v) is 7.82. The Morgan fingerprint density at radius 3 is 2.64 bits per heavy atom. The molecule has 0 radical (unpaired) electrons. The average Bonchev–Trinajstić information content (AvgIpc) is 2.53. The second kappa shape index (κ2) is 2.73. The summed E-state index contributed by atoms with van der Waals surface area (Å²) in [6.45, 7) is 0. The van der Waals surface area contributed by atoms with E-state index in [0.29, 0.717) is 11.6 Å². The number of nitrogens with zero attached hydrogens (tertiary/aromatic N) is 3. The monoisotopic (exact) mass is 206 g/mol. The summed E-state index contributed by atoms with van der Waals surface area (Å²) < 4.78 is 15.9. The van der Waals surface area contributed by atoms with Crippen LogP contribution in [-0.2, 0) is 11.2 Å². The molecule has 70 valence electrons. The molecule has 0 saturated heterocycles. The normalized spacial score (nSPS) is 18.8. The van der Waals surface area contributed by atoms with Crippen LogP contribution >= 0.6 is 0 Å². The lowest BCUT2D eigenvalue weighted by Crippen LogP contribution is -1.97. The SMILES string of the molecule is OS1=Nc2nc3ccccc3nc2N1. The smallest absolute Gasteiger partial charge is 0.207 e. The van der Waals surface area contributed by atoms with E-state index in [4.69, 9.17) is 0 Å². The first-order valence-electron chi connectivity index (χ1n) is 4.01. The van der Waals surface area contributed by atoms with E-state index in [1.807, 2.05) is 24.3 Å². The van der Waals surface area contributed by atoms with Crippen LogP contribution < -0.4 is 4.72 Å². The van der Waals surface area contributed by atoms with Crippen molar-refractivity contribution in [3.8, 4) is 0 Å². The lowest BCUT2D eigenvalue weighted by molar-refractivity contribution is 0.655. The molecule has 1 aromatic heterocycles. The van der Waals surface area contributed by atoms with Crippen molar-refractivity contribution < 1.29 is 4.55 Å². The predicted molar refractivity (Wildman–Crippen MR) is 55.2 cm³/mol. The van der Waals surface area contributed by atoms with E-state index in [1.165, 1.54) is 0 Å². The molecule has 2 heterocycles. The van der Waals surface area contributed by atoms with E-state index in [9.17, 15) is 4.55 Å². The maximum Gasteiger partial charge on any atom is 0.207 e. The largest absolute Gasteiger partial charge is 0.305 e. The van der Waals surface area contributed by atoms with Crippen molar-refractivity contribution in [1.29, 1.82) is 0 Å². The number of benzene rings is 1. The zero-order valence-electron chi connectivity index (χ0n) is 7.01. The summed E-state index contributed by atoms with van der Waals surface area (Å²) in [7, 11) is 0. The summed E-state index contributed by atoms with van der Waals surface area (Å²) in [5.41, 5.74) is 1.59. The first-order chi connectivity index (χ1) is 6.83. The van der Waals surface area contributed by atoms with Crippen LogP contribution in [0.2, 0.25) is 0 Å². The molecule has 14 heavy (non-hydrogen) atoms. The van der Waals surface area contributed by atoms with E-state index < -0.39 is 11.2 Å². The Bertz CT molecular complexity index is 554. The van der Waals surface area contributed by atoms with Gasteiger partial charge in [-0.15, -0.1) is 0 Å². The number of hydrogen-bond acceptors (Lipinski definition) is 4. The summed E-state index contributed by atoms with van der Waals surface area (Å²) in [6, 6.07) is 7.53. The molecule has 2 N–H and O–H groups in total. The van der Waals surface area contributed by atoms with Crippen molar-refractivity contribution in [2.45, 2.75) is 0 Å². The van der Waals surface area contributed by atoms with Gasteiger partial charge < -0.3 is 4.55 Å². The molecular weight excluding hydrogens is 200 g/mol. The Morgan fingerprint density at radius 2 is 1.86 bits per heavy atom. The molecule has 0 fully saturated rings. The standard InChI is InChI=1S/C8H6N4OS/c13-14-11-7-8(12-14)10-6-4-2-1-3-5(6)9-7/h1-4H,(H2,9,10,11,12,13). The molecule has 0 spiro atoms. The molecule has 1 atom stereocenters. The number of fused-ring (bicyclic) bond motifs is 2. The van der Waals surface area contributed by atoms with E-state index in [2.05, 4.69) is 19.1 Å². The summed E-state index contributed by atoms with van der Waals surface area (Å²) in [5, 5.41) is 0. The molecule has 1 aliphatic heterocycles. The fourth-order valence-electron chi connectivity index (χ4n) is 1.31. The summed E-state index contributed by atoms with van der Waals surface area (Å²) in [6.07, 6.45) is 0. The molecule has 1 aliphatic rings. The van der Waals surface area contributed by atoms with E-state index >= 15 is 0 Å². The van der Waals surface area contributed by atoms with Crippen LogP contribution in [0.15, 0.2) is 28.6 Å². The van der Waals surface area contributed by atoms with Crippen molar-refractivity contribution in [3.05, 3.63) is 24.3 Å². The third-order valence-corrected chi connectivity index (χ3v) is 2.63. The molecule has 0 aliphatic carbocycles. The molecule has 1 aromatic carbocycles. The number of anilines is 1. The topological polar surface area (TPSA) is 70.4 Å². The van der Waals surface area contributed by atoms with Crippen molar-refractivity contribution in [2.24, 2.45) is 4.36 Å². The average molecular weight is 206 g/mol. The van der Waals surface area contributed by atoms with Gasteiger partial charge in [0, 0.05) is 0 Å². The van der Waals surface area contributed by atoms with Crippen LogP contribution in [-0.4, -0.2) is 14.5 Å². The van der Waals surface area contributed by atoms with E-state index in [0.717, 1.165) is 11.0 Å². The van der Waals surface area contributed by atoms with Crippen molar-refractivity contribution in [2.75, 3.05) is 4.72 Å². The predicted octanol–water partition coefficient (Wildman–Crippen LogP) is 1.88. The second-order valence-electron chi connectivity index (χ2n) is 2.84. The van der Waals surface area contributed by atoms with Gasteiger partial charge >= 0.3 is 0 Å². The minimum atomic E-state index is -1.17. The fourth-order valence-corrected chi connectivity index (χ4v) is 1.96. The molecule has 3 rings (SSSR count). The lowest BCUT2D eigenvalue weighted by Gasteiger charge is -1.98. The zero-order chi connectivity index (χ0) is 9.54. The van der Waals surface area contributed by atoms with Crippen LogP contribution in [0.4, 0.5) is 11.6 Å². The molecule has 5 nitrogen and oxygen atoms in total. The fraction of sp³-hybridized carbons (Fsp3) is 0. The minimum absolute atomic E-state index is 0.481. The highest BCUT2D eigenvalue weighted by Gasteiger charge is 2.14. The van der Waals surface area contributed by atoms with Crippen molar-refractivity contribution in [3.63, 3.8) is 0 Å². The summed E-state index contributed by atoms with van der Waals surface area (Å²) in [5.74, 6) is 1.03. The van der Waals surface area contributed by atoms with Gasteiger partial charge in [0.1, 0.15) is 11.2 Å². The number of aromatic nitrogens is 2. The Balaban J connectivity index is 2.33. The van der Waals surface area contributed by atoms with Gasteiger partial charge in [-0.1, -0.05) is 12.1 Å². The maximum absolute atomic E-state index is 9.23. The molecular formula is C8H6N4OS. The molecule has 0 saturated carbocycles. The molecule has 0 bridgehead atoms. The first-order valence-corrected chi connectivity index (χ1v) is 5.15. The lowest BCUT2D eigenvalue weighted by atomic mass is 10.3. The number of para-hydroxylation sites is 2. The highest BCUT2D eigenvalue weighted by Crippen LogP contribution is 2.28. The summed E-state index contributed by atoms with van der Waals surface area (Å²) in [4.78, 5) is 8.55. The number of rotatable bonds is 0. The first kappa shape index (κ1) is 7.84. The molecule has 6 heteroatoms. The molecule has 2 aromatic rings. The van der Waals surface area contributed by atoms with Gasteiger partial charge in [-0.3, -0.25) is 4.72 Å². The second-order valence-corrected chi connectivity index (χ2v) is 3.76. The third kappa shape index (κ3) is 1.08. The number of hydrogen-bond donors (Lipinski definition) is 2. The van der Waals surface area contributed by atoms with Crippen LogP contribution in [0.1, 0.15) is 0 Å². The van der Waals surface area contributed by atoms with Crippen LogP contribution in [0.25, 0.3) is 11.0 Å². The van der Waals surface area contributed by atoms with Gasteiger partial charge in [0.25, 0.3) is 0 Å². The Kier molecular flexibility index (Phi) is 1.53. The highest BCUT2D eigenvalue weighted by atomic mass is 32.2. The van der Waals surface area contributed by atoms with E-state index in [1.54, 1.807) is 0 Å². The van der Waals surface area contributed by atoms with Crippen molar-refractivity contribution >= 4 is 33.8 Å². The number of nitrogens with one attached hydrogen (secondary N) is 1. The highest BCUT2D eigenvalue weighted by molar-refractivity contribution is 7.83. The Morgan fingerprint density at radius 1 is 1.14 bits per heavy atom. The quantitative estimate of drug-likeness (QED) is 0.690. The molecule has 0 amide bonds. The van der Waals surface area contributed by atoms with Gasteiger partial charge in [0.15, 0.2) is 5.82 Å². The van der Waals surface area contributed by atoms with Gasteiger partial charge in [0.05, 0.1) is 11.0 Å². The maximum atomic E-state index is 9.23. The molecule has 1 unspecified atom stereocenters. The van der Waals surface area contributed by atoms with Crippen LogP contribution in [0, 0.1) is 0 Å². The Labute approximate surface area is 82.3 Å². The van der Waals surface area contributed by atoms with Crippen LogP contribution in [0.5, 0.6) is 0 Å². The van der Waals surface area contributed by atoms with Gasteiger partial charge in [-0.2, -0.15) is 4.36 Å². The van der Waals surface area contributed by atoms with Crippen LogP contribution in [0.3, 0.4) is 0 Å². The van der Waals surface area contributed by atoms with Crippen molar-refractivity contribution in [1.82, 2.24) is 9.97 Å². The van der Waals surface area contributed by atoms with E-state index in [-0.39, 0.29) is 0 Å².